The number of aromatic amines is 1. The van der Waals surface area contributed by atoms with E-state index in [1.807, 2.05) is 0 Å². The zero-order valence-corrected chi connectivity index (χ0v) is 10.7. The number of aromatic nitrogens is 2. The third-order valence-electron chi connectivity index (χ3n) is 3.89. The molecule has 1 heterocycles. The smallest absolute Gasteiger partial charge is 0.227 e. The predicted octanol–water partition coefficient (Wildman–Crippen LogP) is 0.978. The van der Waals surface area contributed by atoms with Gasteiger partial charge in [-0.3, -0.25) is 4.79 Å². The highest BCUT2D eigenvalue weighted by Crippen LogP contribution is 2.35. The van der Waals surface area contributed by atoms with E-state index >= 15 is 0 Å². The number of hydrogen-bond donors (Lipinski definition) is 3. The van der Waals surface area contributed by atoms with Gasteiger partial charge in [-0.1, -0.05) is 19.3 Å². The normalized spacial score (nSPS) is 18.5. The predicted molar refractivity (Wildman–Crippen MR) is 69.9 cm³/mol. The molecule has 0 aromatic carbocycles. The maximum Gasteiger partial charge on any atom is 0.227 e. The Hall–Kier alpha value is -1.36. The van der Waals surface area contributed by atoms with Crippen LogP contribution in [0.25, 0.3) is 0 Å². The van der Waals surface area contributed by atoms with Gasteiger partial charge in [0.2, 0.25) is 5.91 Å². The number of hydrogen-bond acceptors (Lipinski definition) is 3. The lowest BCUT2D eigenvalue weighted by atomic mass is 9.73. The molecule has 1 aromatic rings. The molecule has 2 rings (SSSR count). The van der Waals surface area contributed by atoms with Crippen molar-refractivity contribution in [2.75, 3.05) is 13.1 Å². The molecule has 5 heteroatoms. The summed E-state index contributed by atoms with van der Waals surface area (Å²) in [5.41, 5.74) is 5.51. The van der Waals surface area contributed by atoms with Crippen LogP contribution in [-0.4, -0.2) is 29.0 Å². The third kappa shape index (κ3) is 2.90. The van der Waals surface area contributed by atoms with Gasteiger partial charge in [-0.25, -0.2) is 4.98 Å². The van der Waals surface area contributed by atoms with E-state index in [-0.39, 0.29) is 11.3 Å². The van der Waals surface area contributed by atoms with E-state index in [2.05, 4.69) is 15.3 Å². The number of carbonyl (C=O) groups is 1. The number of nitrogens with zero attached hydrogens (tertiary/aromatic N) is 1. The molecule has 1 fully saturated rings. The summed E-state index contributed by atoms with van der Waals surface area (Å²) in [6.07, 6.45) is 9.55. The van der Waals surface area contributed by atoms with E-state index in [9.17, 15) is 4.79 Å². The number of nitrogens with two attached hydrogens (primary N) is 1. The minimum absolute atomic E-state index is 0.122. The Bertz CT molecular complexity index is 368. The van der Waals surface area contributed by atoms with Crippen LogP contribution in [-0.2, 0) is 11.2 Å². The minimum atomic E-state index is -0.318. The Labute approximate surface area is 108 Å². The van der Waals surface area contributed by atoms with Crippen molar-refractivity contribution in [3.63, 3.8) is 0 Å². The third-order valence-corrected chi connectivity index (χ3v) is 3.89. The number of carbonyl (C=O) groups excluding carboxylic acids is 1. The van der Waals surface area contributed by atoms with Crippen LogP contribution in [0.4, 0.5) is 0 Å². The second-order valence-electron chi connectivity index (χ2n) is 5.09. The molecule has 1 aliphatic rings. The van der Waals surface area contributed by atoms with Crippen LogP contribution in [0.3, 0.4) is 0 Å². The molecule has 4 N–H and O–H groups in total. The molecule has 18 heavy (non-hydrogen) atoms. The van der Waals surface area contributed by atoms with E-state index < -0.39 is 0 Å². The van der Waals surface area contributed by atoms with Crippen molar-refractivity contribution in [1.29, 1.82) is 0 Å². The number of rotatable bonds is 5. The molecule has 1 aliphatic carbocycles. The van der Waals surface area contributed by atoms with E-state index in [0.717, 1.165) is 37.9 Å². The van der Waals surface area contributed by atoms with Crippen molar-refractivity contribution in [3.05, 3.63) is 18.2 Å². The van der Waals surface area contributed by atoms with Crippen LogP contribution < -0.4 is 11.1 Å². The van der Waals surface area contributed by atoms with Crippen LogP contribution in [0.2, 0.25) is 0 Å². The Morgan fingerprint density at radius 2 is 2.22 bits per heavy atom. The van der Waals surface area contributed by atoms with Gasteiger partial charge in [0.15, 0.2) is 0 Å². The SMILES string of the molecule is NCC1(C(=O)NCCc2ncc[nH]2)CCCCC1. The van der Waals surface area contributed by atoms with Crippen molar-refractivity contribution in [3.8, 4) is 0 Å². The fraction of sp³-hybridized carbons (Fsp3) is 0.692. The molecular formula is C13H22N4O. The van der Waals surface area contributed by atoms with E-state index in [4.69, 9.17) is 5.73 Å². The fourth-order valence-electron chi connectivity index (χ4n) is 2.67. The second-order valence-corrected chi connectivity index (χ2v) is 5.09. The average molecular weight is 250 g/mol. The average Bonchev–Trinajstić information content (AvgIpc) is 2.92. The summed E-state index contributed by atoms with van der Waals surface area (Å²) < 4.78 is 0. The first kappa shape index (κ1) is 13.1. The standard InChI is InChI=1S/C13H22N4O/c14-10-13(5-2-1-3-6-13)12(18)17-7-4-11-15-8-9-16-11/h8-9H,1-7,10,14H2,(H,15,16)(H,17,18). The molecule has 0 bridgehead atoms. The molecule has 0 spiro atoms. The van der Waals surface area contributed by atoms with Crippen LogP contribution in [0.1, 0.15) is 37.9 Å². The van der Waals surface area contributed by atoms with E-state index in [1.54, 1.807) is 12.4 Å². The van der Waals surface area contributed by atoms with Crippen LogP contribution in [0.15, 0.2) is 12.4 Å². The van der Waals surface area contributed by atoms with Crippen LogP contribution >= 0.6 is 0 Å². The summed E-state index contributed by atoms with van der Waals surface area (Å²) in [5, 5.41) is 3.00. The zero-order valence-electron chi connectivity index (χ0n) is 10.7. The number of nitrogens with one attached hydrogen (secondary N) is 2. The molecule has 5 nitrogen and oxygen atoms in total. The topological polar surface area (TPSA) is 83.8 Å². The Kier molecular flexibility index (Phi) is 4.36. The summed E-state index contributed by atoms with van der Waals surface area (Å²) in [7, 11) is 0. The largest absolute Gasteiger partial charge is 0.355 e. The Balaban J connectivity index is 1.82. The van der Waals surface area contributed by atoms with E-state index in [0.29, 0.717) is 13.1 Å². The molecule has 1 saturated carbocycles. The van der Waals surface area contributed by atoms with Crippen LogP contribution in [0, 0.1) is 5.41 Å². The summed E-state index contributed by atoms with van der Waals surface area (Å²) in [6.45, 7) is 1.08. The van der Waals surface area contributed by atoms with Crippen LogP contribution in [0.5, 0.6) is 0 Å². The first-order chi connectivity index (χ1) is 8.77. The van der Waals surface area contributed by atoms with Gasteiger partial charge in [0.25, 0.3) is 0 Å². The molecule has 100 valence electrons. The highest BCUT2D eigenvalue weighted by Gasteiger charge is 2.37. The molecule has 0 radical (unpaired) electrons. The first-order valence-corrected chi connectivity index (χ1v) is 6.73. The summed E-state index contributed by atoms with van der Waals surface area (Å²) >= 11 is 0. The van der Waals surface area contributed by atoms with Gasteiger partial charge >= 0.3 is 0 Å². The van der Waals surface area contributed by atoms with Gasteiger partial charge in [-0.05, 0) is 12.8 Å². The van der Waals surface area contributed by atoms with Gasteiger partial charge in [0.1, 0.15) is 5.82 Å². The van der Waals surface area contributed by atoms with Gasteiger partial charge in [-0.15, -0.1) is 0 Å². The highest BCUT2D eigenvalue weighted by atomic mass is 16.2. The minimum Gasteiger partial charge on any atom is -0.355 e. The van der Waals surface area contributed by atoms with Gasteiger partial charge in [-0.2, -0.15) is 0 Å². The molecule has 0 unspecified atom stereocenters. The van der Waals surface area contributed by atoms with Gasteiger partial charge in [0, 0.05) is 31.9 Å². The van der Waals surface area contributed by atoms with Gasteiger partial charge < -0.3 is 16.0 Å². The molecule has 0 aliphatic heterocycles. The maximum atomic E-state index is 12.3. The summed E-state index contributed by atoms with van der Waals surface area (Å²) in [5.74, 6) is 1.02. The summed E-state index contributed by atoms with van der Waals surface area (Å²) in [4.78, 5) is 19.4. The monoisotopic (exact) mass is 250 g/mol. The van der Waals surface area contributed by atoms with Crippen molar-refractivity contribution in [2.45, 2.75) is 38.5 Å². The Morgan fingerprint density at radius 3 is 2.83 bits per heavy atom. The first-order valence-electron chi connectivity index (χ1n) is 6.73. The van der Waals surface area contributed by atoms with Crippen molar-refractivity contribution in [1.82, 2.24) is 15.3 Å². The molecule has 0 atom stereocenters. The number of imidazole rings is 1. The number of H-pyrrole nitrogens is 1. The molecule has 0 saturated heterocycles. The van der Waals surface area contributed by atoms with E-state index in [1.165, 1.54) is 6.42 Å². The lowest BCUT2D eigenvalue weighted by Gasteiger charge is -2.34. The second kappa shape index (κ2) is 6.00. The lowest BCUT2D eigenvalue weighted by Crippen LogP contribution is -2.47. The summed E-state index contributed by atoms with van der Waals surface area (Å²) in [6, 6.07) is 0. The highest BCUT2D eigenvalue weighted by molar-refractivity contribution is 5.83. The molecular weight excluding hydrogens is 228 g/mol. The zero-order chi connectivity index (χ0) is 12.8. The maximum absolute atomic E-state index is 12.3. The van der Waals surface area contributed by atoms with Crippen molar-refractivity contribution < 1.29 is 4.79 Å². The molecule has 1 aromatic heterocycles. The number of amides is 1. The lowest BCUT2D eigenvalue weighted by molar-refractivity contribution is -0.132. The Morgan fingerprint density at radius 1 is 1.44 bits per heavy atom. The molecule has 1 amide bonds. The fourth-order valence-corrected chi connectivity index (χ4v) is 2.67. The quantitative estimate of drug-likeness (QED) is 0.728. The van der Waals surface area contributed by atoms with Crippen molar-refractivity contribution in [2.24, 2.45) is 11.1 Å². The van der Waals surface area contributed by atoms with Crippen molar-refractivity contribution >= 4 is 5.91 Å². The van der Waals surface area contributed by atoms with Gasteiger partial charge in [0.05, 0.1) is 5.41 Å².